The number of nitrogens with zero attached hydrogens (tertiary/aromatic N) is 1. The predicted octanol–water partition coefficient (Wildman–Crippen LogP) is 4.61. The molecule has 0 aliphatic carbocycles. The Morgan fingerprint density at radius 3 is 2.40 bits per heavy atom. The molecule has 0 aromatic heterocycles. The van der Waals surface area contributed by atoms with Crippen LogP contribution in [0.25, 0.3) is 6.08 Å². The van der Waals surface area contributed by atoms with Crippen molar-refractivity contribution in [3.05, 3.63) is 83.3 Å². The number of thioether (sulfide) groups is 1. The number of rotatable bonds is 8. The molecule has 0 radical (unpaired) electrons. The average molecular weight is 490 g/mol. The molecule has 0 saturated carbocycles. The zero-order valence-corrected chi connectivity index (χ0v) is 19.9. The van der Waals surface area contributed by atoms with Crippen LogP contribution in [0, 0.1) is 0 Å². The summed E-state index contributed by atoms with van der Waals surface area (Å²) in [7, 11) is 3.14. The first kappa shape index (κ1) is 23.9. The topological polar surface area (TPSA) is 98.3 Å². The Morgan fingerprint density at radius 1 is 0.971 bits per heavy atom. The lowest BCUT2D eigenvalue weighted by atomic mass is 10.2. The number of aliphatic imine (C=N–C) groups is 1. The highest BCUT2D eigenvalue weighted by Crippen LogP contribution is 2.29. The minimum absolute atomic E-state index is 0.151. The second kappa shape index (κ2) is 11.3. The zero-order chi connectivity index (χ0) is 24.6. The molecule has 1 fully saturated rings. The van der Waals surface area contributed by atoms with E-state index in [9.17, 15) is 9.59 Å². The maximum absolute atomic E-state index is 12.3. The van der Waals surface area contributed by atoms with Crippen molar-refractivity contribution in [1.82, 2.24) is 5.32 Å². The van der Waals surface area contributed by atoms with Gasteiger partial charge in [-0.2, -0.15) is 0 Å². The summed E-state index contributed by atoms with van der Waals surface area (Å²) in [5.74, 6) is 1.33. The number of carbonyl (C=O) groups excluding carboxylic acids is 2. The average Bonchev–Trinajstić information content (AvgIpc) is 3.22. The van der Waals surface area contributed by atoms with E-state index in [0.717, 1.165) is 11.3 Å². The number of carbonyl (C=O) groups is 2. The molecule has 3 aromatic carbocycles. The maximum atomic E-state index is 12.3. The fraction of sp³-hybridized carbons (Fsp3) is 0.115. The number of nitrogens with one attached hydrogen (secondary N) is 2. The summed E-state index contributed by atoms with van der Waals surface area (Å²) in [6.45, 7) is -0.151. The van der Waals surface area contributed by atoms with Crippen LogP contribution in [0.4, 0.5) is 11.4 Å². The van der Waals surface area contributed by atoms with E-state index in [4.69, 9.17) is 14.2 Å². The number of benzene rings is 3. The second-order valence-corrected chi connectivity index (χ2v) is 8.32. The third kappa shape index (κ3) is 6.42. The monoisotopic (exact) mass is 489 g/mol. The zero-order valence-electron chi connectivity index (χ0n) is 19.1. The third-order valence-electron chi connectivity index (χ3n) is 4.88. The van der Waals surface area contributed by atoms with Gasteiger partial charge in [-0.05, 0) is 71.9 Å². The standard InChI is InChI=1S/C26H23N3O5S/c1-32-19-13-9-18(10-14-19)27-26-29-25(31)23(35-26)15-17-7-11-20(12-8-17)34-16-24(30)28-21-5-3-4-6-22(21)33-2/h3-15H,16H2,1-2H3,(H,28,30)(H,27,29,31). The van der Waals surface area contributed by atoms with Gasteiger partial charge in [0.1, 0.15) is 17.2 Å². The van der Waals surface area contributed by atoms with E-state index >= 15 is 0 Å². The van der Waals surface area contributed by atoms with Crippen LogP contribution < -0.4 is 24.8 Å². The van der Waals surface area contributed by atoms with Gasteiger partial charge in [-0.1, -0.05) is 24.3 Å². The van der Waals surface area contributed by atoms with Gasteiger partial charge in [-0.15, -0.1) is 0 Å². The van der Waals surface area contributed by atoms with E-state index in [1.807, 2.05) is 48.5 Å². The number of para-hydroxylation sites is 2. The summed E-state index contributed by atoms with van der Waals surface area (Å²) in [4.78, 5) is 29.5. The van der Waals surface area contributed by atoms with E-state index < -0.39 is 0 Å². The molecular weight excluding hydrogens is 466 g/mol. The van der Waals surface area contributed by atoms with Crippen LogP contribution in [0.1, 0.15) is 5.56 Å². The van der Waals surface area contributed by atoms with Gasteiger partial charge in [-0.25, -0.2) is 4.99 Å². The van der Waals surface area contributed by atoms with Crippen LogP contribution in [0.15, 0.2) is 82.7 Å². The van der Waals surface area contributed by atoms with Crippen molar-refractivity contribution in [3.8, 4) is 17.2 Å². The maximum Gasteiger partial charge on any atom is 0.264 e. The molecule has 2 amide bonds. The van der Waals surface area contributed by atoms with Crippen molar-refractivity contribution < 1.29 is 23.8 Å². The Hall–Kier alpha value is -4.24. The highest BCUT2D eigenvalue weighted by molar-refractivity contribution is 8.18. The fourth-order valence-electron chi connectivity index (χ4n) is 3.15. The number of anilines is 1. The lowest BCUT2D eigenvalue weighted by molar-refractivity contribution is -0.118. The van der Waals surface area contributed by atoms with Crippen molar-refractivity contribution in [2.75, 3.05) is 26.1 Å². The number of ether oxygens (including phenoxy) is 3. The summed E-state index contributed by atoms with van der Waals surface area (Å²) in [5.41, 5.74) is 2.11. The van der Waals surface area contributed by atoms with Crippen LogP contribution in [0.2, 0.25) is 0 Å². The van der Waals surface area contributed by atoms with Crippen molar-refractivity contribution in [2.24, 2.45) is 4.99 Å². The largest absolute Gasteiger partial charge is 0.497 e. The molecule has 0 atom stereocenters. The van der Waals surface area contributed by atoms with Crippen LogP contribution in [-0.2, 0) is 9.59 Å². The Morgan fingerprint density at radius 2 is 1.69 bits per heavy atom. The van der Waals surface area contributed by atoms with Crippen molar-refractivity contribution in [3.63, 3.8) is 0 Å². The molecule has 0 bridgehead atoms. The number of hydrogen-bond acceptors (Lipinski definition) is 7. The molecule has 2 N–H and O–H groups in total. The number of hydrogen-bond donors (Lipinski definition) is 2. The van der Waals surface area contributed by atoms with E-state index in [1.165, 1.54) is 11.8 Å². The molecule has 8 nitrogen and oxygen atoms in total. The van der Waals surface area contributed by atoms with Gasteiger partial charge in [0.15, 0.2) is 11.8 Å². The Balaban J connectivity index is 1.33. The van der Waals surface area contributed by atoms with Crippen LogP contribution in [0.5, 0.6) is 17.2 Å². The molecule has 35 heavy (non-hydrogen) atoms. The molecule has 0 unspecified atom stereocenters. The highest BCUT2D eigenvalue weighted by atomic mass is 32.2. The van der Waals surface area contributed by atoms with Crippen molar-refractivity contribution >= 4 is 46.2 Å². The first-order valence-electron chi connectivity index (χ1n) is 10.6. The van der Waals surface area contributed by atoms with E-state index in [-0.39, 0.29) is 18.4 Å². The first-order valence-corrected chi connectivity index (χ1v) is 11.4. The molecule has 1 aliphatic rings. The Labute approximate surface area is 207 Å². The van der Waals surface area contributed by atoms with Crippen LogP contribution in [-0.4, -0.2) is 37.8 Å². The number of amides is 2. The minimum Gasteiger partial charge on any atom is -0.497 e. The van der Waals surface area contributed by atoms with Crippen molar-refractivity contribution in [1.29, 1.82) is 0 Å². The predicted molar refractivity (Wildman–Crippen MR) is 137 cm³/mol. The molecule has 0 spiro atoms. The molecular formula is C26H23N3O5S. The van der Waals surface area contributed by atoms with Gasteiger partial charge in [0.25, 0.3) is 11.8 Å². The summed E-state index contributed by atoms with van der Waals surface area (Å²) >= 11 is 1.27. The molecule has 1 heterocycles. The molecule has 178 valence electrons. The first-order chi connectivity index (χ1) is 17.0. The quantitative estimate of drug-likeness (QED) is 0.449. The Kier molecular flexibility index (Phi) is 7.69. The van der Waals surface area contributed by atoms with Gasteiger partial charge >= 0.3 is 0 Å². The fourth-order valence-corrected chi connectivity index (χ4v) is 3.99. The van der Waals surface area contributed by atoms with E-state index in [2.05, 4.69) is 15.6 Å². The second-order valence-electron chi connectivity index (χ2n) is 7.29. The molecule has 1 aliphatic heterocycles. The normalized spacial score (nSPS) is 15.1. The minimum atomic E-state index is -0.302. The summed E-state index contributed by atoms with van der Waals surface area (Å²) in [5, 5.41) is 6.04. The third-order valence-corrected chi connectivity index (χ3v) is 5.79. The lowest BCUT2D eigenvalue weighted by Gasteiger charge is -2.10. The van der Waals surface area contributed by atoms with Crippen molar-refractivity contribution in [2.45, 2.75) is 0 Å². The molecule has 3 aromatic rings. The highest BCUT2D eigenvalue weighted by Gasteiger charge is 2.23. The van der Waals surface area contributed by atoms with Gasteiger partial charge < -0.3 is 24.8 Å². The van der Waals surface area contributed by atoms with Crippen LogP contribution >= 0.6 is 11.8 Å². The smallest absolute Gasteiger partial charge is 0.264 e. The van der Waals surface area contributed by atoms with Gasteiger partial charge in [0.2, 0.25) is 0 Å². The van der Waals surface area contributed by atoms with Gasteiger partial charge in [0.05, 0.1) is 30.5 Å². The number of amidine groups is 1. The molecule has 9 heteroatoms. The SMILES string of the molecule is COc1ccc(N=C2NC(=O)C(=Cc3ccc(OCC(=O)Nc4ccccc4OC)cc3)S2)cc1. The summed E-state index contributed by atoms with van der Waals surface area (Å²) in [6.07, 6.45) is 1.77. The summed E-state index contributed by atoms with van der Waals surface area (Å²) < 4.78 is 15.9. The Bertz CT molecular complexity index is 1270. The lowest BCUT2D eigenvalue weighted by Crippen LogP contribution is -2.20. The molecule has 4 rings (SSSR count). The van der Waals surface area contributed by atoms with Gasteiger partial charge in [-0.3, -0.25) is 9.59 Å². The van der Waals surface area contributed by atoms with E-state index in [1.54, 1.807) is 44.6 Å². The van der Waals surface area contributed by atoms with Crippen LogP contribution in [0.3, 0.4) is 0 Å². The molecule has 1 saturated heterocycles. The summed E-state index contributed by atoms with van der Waals surface area (Å²) in [6, 6.07) is 21.5. The van der Waals surface area contributed by atoms with E-state index in [0.29, 0.717) is 32.9 Å². The number of methoxy groups -OCH3 is 2. The van der Waals surface area contributed by atoms with Gasteiger partial charge in [0, 0.05) is 0 Å².